The highest BCUT2D eigenvalue weighted by atomic mass is 14.9. The molecule has 0 aliphatic carbocycles. The van der Waals surface area contributed by atoms with Gasteiger partial charge in [-0.2, -0.15) is 0 Å². The number of nitrogens with two attached hydrogens (primary N) is 1. The summed E-state index contributed by atoms with van der Waals surface area (Å²) < 4.78 is 0. The summed E-state index contributed by atoms with van der Waals surface area (Å²) in [4.78, 5) is 3.42. The van der Waals surface area contributed by atoms with Crippen LogP contribution in [0.15, 0.2) is 0 Å². The minimum atomic E-state index is 0.581. The van der Waals surface area contributed by atoms with Crippen LogP contribution in [-0.2, 0) is 13.0 Å². The summed E-state index contributed by atoms with van der Waals surface area (Å²) in [5, 5.41) is 5.62. The summed E-state index contributed by atoms with van der Waals surface area (Å²) in [6, 6.07) is 0. The van der Waals surface area contributed by atoms with Crippen molar-refractivity contribution in [3.05, 3.63) is 21.8 Å². The number of aromatic amines is 1. The third kappa shape index (κ3) is 4.94. The van der Waals surface area contributed by atoms with Crippen LogP contribution in [0.3, 0.4) is 0 Å². The predicted molar refractivity (Wildman–Crippen MR) is 85.0 cm³/mol. The van der Waals surface area contributed by atoms with Crippen LogP contribution in [0.25, 0.3) is 12.2 Å². The Kier molecular flexibility index (Phi) is 9.60. The van der Waals surface area contributed by atoms with Gasteiger partial charge < -0.3 is 16.0 Å². The highest BCUT2D eigenvalue weighted by Gasteiger charge is 2.06. The maximum atomic E-state index is 5.67. The van der Waals surface area contributed by atoms with E-state index >= 15 is 0 Å². The predicted octanol–water partition coefficient (Wildman–Crippen LogP) is 0.866. The summed E-state index contributed by atoms with van der Waals surface area (Å²) in [6.07, 6.45) is 10.3. The van der Waals surface area contributed by atoms with Gasteiger partial charge in [-0.25, -0.2) is 0 Å². The molecule has 1 aromatic heterocycles. The second-order valence-corrected chi connectivity index (χ2v) is 3.83. The van der Waals surface area contributed by atoms with Gasteiger partial charge in [-0.15, -0.1) is 6.42 Å². The first-order valence-corrected chi connectivity index (χ1v) is 6.95. The molecule has 0 saturated heterocycles. The molecule has 1 rings (SSSR count). The van der Waals surface area contributed by atoms with Gasteiger partial charge in [0.2, 0.25) is 0 Å². The lowest BCUT2D eigenvalue weighted by molar-refractivity contribution is 0.741. The van der Waals surface area contributed by atoms with Crippen molar-refractivity contribution in [2.45, 2.75) is 40.7 Å². The van der Waals surface area contributed by atoms with Crippen LogP contribution in [0.2, 0.25) is 0 Å². The first-order chi connectivity index (χ1) is 9.28. The Bertz CT molecular complexity index is 503. The zero-order valence-corrected chi connectivity index (χ0v) is 12.6. The van der Waals surface area contributed by atoms with Crippen LogP contribution in [0.4, 0.5) is 0 Å². The Labute approximate surface area is 117 Å². The average molecular weight is 261 g/mol. The highest BCUT2D eigenvalue weighted by Crippen LogP contribution is 1.99. The minimum absolute atomic E-state index is 0.581. The Balaban J connectivity index is 0.00000154. The smallest absolute Gasteiger partial charge is 0.0576 e. The Morgan fingerprint density at radius 2 is 2.00 bits per heavy atom. The molecule has 0 saturated carbocycles. The van der Waals surface area contributed by atoms with E-state index in [1.807, 2.05) is 20.8 Å². The minimum Gasteiger partial charge on any atom is -0.357 e. The zero-order chi connectivity index (χ0) is 14.7. The molecule has 3 nitrogen and oxygen atoms in total. The van der Waals surface area contributed by atoms with Crippen molar-refractivity contribution >= 4 is 12.2 Å². The lowest BCUT2D eigenvalue weighted by Crippen LogP contribution is -2.25. The van der Waals surface area contributed by atoms with Crippen molar-refractivity contribution in [2.24, 2.45) is 5.73 Å². The van der Waals surface area contributed by atoms with E-state index in [9.17, 15) is 0 Å². The van der Waals surface area contributed by atoms with E-state index < -0.39 is 0 Å². The van der Waals surface area contributed by atoms with Crippen molar-refractivity contribution in [1.29, 1.82) is 0 Å². The molecule has 0 atom stereocenters. The number of nitrogens with one attached hydrogen (secondary N) is 2. The number of rotatable bonds is 5. The van der Waals surface area contributed by atoms with Crippen LogP contribution in [0.5, 0.6) is 0 Å². The van der Waals surface area contributed by atoms with E-state index in [2.05, 4.69) is 35.3 Å². The largest absolute Gasteiger partial charge is 0.357 e. The molecule has 4 N–H and O–H groups in total. The van der Waals surface area contributed by atoms with Gasteiger partial charge in [0.15, 0.2) is 0 Å². The van der Waals surface area contributed by atoms with Crippen LogP contribution >= 0.6 is 0 Å². The highest BCUT2D eigenvalue weighted by molar-refractivity contribution is 5.36. The number of terminal acetylenes is 1. The van der Waals surface area contributed by atoms with E-state index in [0.29, 0.717) is 13.1 Å². The fraction of sp³-hybridized carbons (Fsp3) is 0.500. The third-order valence-electron chi connectivity index (χ3n) is 2.77. The van der Waals surface area contributed by atoms with E-state index in [1.165, 1.54) is 16.5 Å². The van der Waals surface area contributed by atoms with Gasteiger partial charge in [0, 0.05) is 17.6 Å². The molecule has 0 unspecified atom stereocenters. The van der Waals surface area contributed by atoms with Crippen molar-refractivity contribution in [2.75, 3.05) is 13.1 Å². The maximum Gasteiger partial charge on any atom is 0.0576 e. The van der Waals surface area contributed by atoms with Crippen LogP contribution in [0.1, 0.15) is 39.0 Å². The van der Waals surface area contributed by atoms with E-state index in [0.717, 1.165) is 18.3 Å². The summed E-state index contributed by atoms with van der Waals surface area (Å²) in [5.41, 5.74) is 8.15. The first-order valence-electron chi connectivity index (χ1n) is 6.95. The average Bonchev–Trinajstić information content (AvgIpc) is 2.79. The number of hydrogen-bond donors (Lipinski definition) is 3. The summed E-state index contributed by atoms with van der Waals surface area (Å²) in [6.45, 7) is 10.1. The van der Waals surface area contributed by atoms with Gasteiger partial charge >= 0.3 is 0 Å². The molecule has 0 aromatic carbocycles. The lowest BCUT2D eigenvalue weighted by atomic mass is 10.1. The number of hydrogen-bond acceptors (Lipinski definition) is 2. The van der Waals surface area contributed by atoms with Crippen molar-refractivity contribution in [3.63, 3.8) is 0 Å². The van der Waals surface area contributed by atoms with Crippen molar-refractivity contribution in [1.82, 2.24) is 10.3 Å². The van der Waals surface area contributed by atoms with E-state index in [-0.39, 0.29) is 0 Å². The fourth-order valence-corrected chi connectivity index (χ4v) is 2.03. The molecule has 0 amide bonds. The first kappa shape index (κ1) is 17.5. The molecule has 0 spiro atoms. The molecular formula is C16H27N3. The topological polar surface area (TPSA) is 53.8 Å². The second-order valence-electron chi connectivity index (χ2n) is 3.83. The van der Waals surface area contributed by atoms with Gasteiger partial charge in [0.1, 0.15) is 0 Å². The molecule has 0 fully saturated rings. The standard InChI is InChI=1S/C14H21N3.C2H6/c1-4-9-16-10-14-12(7-8-15)11(5-2)13(6-3)17-14;1-2/h1,5-6,16-17H,7-10,15H2,2-3H3;1-2H3/b11-5-,13-6+;. The normalized spacial score (nSPS) is 12.0. The van der Waals surface area contributed by atoms with Gasteiger partial charge in [-0.3, -0.25) is 0 Å². The van der Waals surface area contributed by atoms with Crippen LogP contribution in [0, 0.1) is 12.3 Å². The van der Waals surface area contributed by atoms with Gasteiger partial charge in [-0.1, -0.05) is 31.9 Å². The van der Waals surface area contributed by atoms with Crippen LogP contribution in [-0.4, -0.2) is 18.1 Å². The molecule has 3 heteroatoms. The Hall–Kier alpha value is -1.50. The Morgan fingerprint density at radius 3 is 2.47 bits per heavy atom. The molecule has 19 heavy (non-hydrogen) atoms. The van der Waals surface area contributed by atoms with E-state index in [1.54, 1.807) is 0 Å². The summed E-state index contributed by atoms with van der Waals surface area (Å²) in [7, 11) is 0. The number of aromatic nitrogens is 1. The molecular weight excluding hydrogens is 234 g/mol. The Morgan fingerprint density at radius 1 is 1.32 bits per heavy atom. The quantitative estimate of drug-likeness (QED) is 0.544. The zero-order valence-electron chi connectivity index (χ0n) is 12.6. The lowest BCUT2D eigenvalue weighted by Gasteiger charge is -2.03. The molecule has 1 heterocycles. The molecule has 0 radical (unpaired) electrons. The molecule has 0 aliphatic rings. The second kappa shape index (κ2) is 10.4. The number of H-pyrrole nitrogens is 1. The van der Waals surface area contributed by atoms with Gasteiger partial charge in [-0.05, 0) is 37.6 Å². The molecule has 0 aliphatic heterocycles. The third-order valence-corrected chi connectivity index (χ3v) is 2.77. The summed E-state index contributed by atoms with van der Waals surface area (Å²) >= 11 is 0. The van der Waals surface area contributed by atoms with Crippen molar-refractivity contribution < 1.29 is 0 Å². The van der Waals surface area contributed by atoms with Gasteiger partial charge in [0.05, 0.1) is 6.54 Å². The molecule has 106 valence electrons. The summed E-state index contributed by atoms with van der Waals surface area (Å²) in [5.74, 6) is 2.57. The maximum absolute atomic E-state index is 5.67. The molecule has 1 aromatic rings. The van der Waals surface area contributed by atoms with Crippen LogP contribution < -0.4 is 21.6 Å². The van der Waals surface area contributed by atoms with Crippen molar-refractivity contribution in [3.8, 4) is 12.3 Å². The fourth-order valence-electron chi connectivity index (χ4n) is 2.03. The monoisotopic (exact) mass is 261 g/mol. The SMILES string of the molecule is C#CCNCc1[nH]c(=C/C)/c(=C\C)c1CCN.CC. The molecule has 0 bridgehead atoms. The van der Waals surface area contributed by atoms with E-state index in [4.69, 9.17) is 12.2 Å². The van der Waals surface area contributed by atoms with Gasteiger partial charge in [0.25, 0.3) is 0 Å².